The predicted molar refractivity (Wildman–Crippen MR) is 103 cm³/mol. The van der Waals surface area contributed by atoms with E-state index in [1.165, 1.54) is 0 Å². The highest BCUT2D eigenvalue weighted by molar-refractivity contribution is 5.82. The van der Waals surface area contributed by atoms with Crippen LogP contribution in [-0.2, 0) is 12.8 Å². The molecule has 0 aliphatic heterocycles. The molecule has 0 saturated carbocycles. The summed E-state index contributed by atoms with van der Waals surface area (Å²) in [6, 6.07) is 17.4. The maximum absolute atomic E-state index is 12.7. The fourth-order valence-electron chi connectivity index (χ4n) is 3.17. The average Bonchev–Trinajstić information content (AvgIpc) is 2.70. The maximum atomic E-state index is 12.7. The van der Waals surface area contributed by atoms with Gasteiger partial charge in [-0.05, 0) is 35.7 Å². The topological polar surface area (TPSA) is 65.2 Å². The van der Waals surface area contributed by atoms with Gasteiger partial charge >= 0.3 is 11.6 Å². The predicted octanol–water partition coefficient (Wildman–Crippen LogP) is 4.53. The SMILES string of the molecule is CCc1c(Cc2ccccc2)c(=O)oc2cc(Oc3ncccn3)ccc12. The lowest BCUT2D eigenvalue weighted by molar-refractivity contribution is 0.440. The van der Waals surface area contributed by atoms with Gasteiger partial charge in [0.05, 0.1) is 0 Å². The number of rotatable bonds is 5. The van der Waals surface area contributed by atoms with Gasteiger partial charge in [0.15, 0.2) is 0 Å². The molecule has 0 saturated heterocycles. The van der Waals surface area contributed by atoms with E-state index in [0.717, 1.165) is 22.9 Å². The maximum Gasteiger partial charge on any atom is 0.340 e. The molecule has 2 heterocycles. The highest BCUT2D eigenvalue weighted by atomic mass is 16.5. The van der Waals surface area contributed by atoms with E-state index in [-0.39, 0.29) is 11.6 Å². The summed E-state index contributed by atoms with van der Waals surface area (Å²) < 4.78 is 11.3. The van der Waals surface area contributed by atoms with Crippen LogP contribution in [0.15, 0.2) is 76.2 Å². The fourth-order valence-corrected chi connectivity index (χ4v) is 3.17. The summed E-state index contributed by atoms with van der Waals surface area (Å²) >= 11 is 0. The number of aryl methyl sites for hydroxylation is 1. The summed E-state index contributed by atoms with van der Waals surface area (Å²) in [7, 11) is 0. The molecule has 0 atom stereocenters. The molecular weight excluding hydrogens is 340 g/mol. The largest absolute Gasteiger partial charge is 0.424 e. The normalized spacial score (nSPS) is 10.9. The molecule has 0 aliphatic rings. The average molecular weight is 358 g/mol. The van der Waals surface area contributed by atoms with Crippen molar-refractivity contribution in [2.45, 2.75) is 19.8 Å². The van der Waals surface area contributed by atoms with Crippen LogP contribution in [0, 0.1) is 0 Å². The molecule has 5 nitrogen and oxygen atoms in total. The van der Waals surface area contributed by atoms with Crippen LogP contribution in [0.4, 0.5) is 0 Å². The van der Waals surface area contributed by atoms with E-state index >= 15 is 0 Å². The Balaban J connectivity index is 1.75. The second kappa shape index (κ2) is 7.41. The standard InChI is InChI=1S/C22H18N2O3/c1-2-17-18-10-9-16(26-22-23-11-6-12-24-22)14-20(18)27-21(25)19(17)13-15-7-4-3-5-8-15/h3-12,14H,2,13H2,1H3. The second-order valence-electron chi connectivity index (χ2n) is 6.15. The number of benzene rings is 2. The molecule has 0 N–H and O–H groups in total. The molecule has 4 rings (SSSR count). The first kappa shape index (κ1) is 17.0. The van der Waals surface area contributed by atoms with Crippen LogP contribution in [-0.4, -0.2) is 9.97 Å². The lowest BCUT2D eigenvalue weighted by Crippen LogP contribution is -2.12. The van der Waals surface area contributed by atoms with Crippen molar-refractivity contribution < 1.29 is 9.15 Å². The number of ether oxygens (including phenoxy) is 1. The van der Waals surface area contributed by atoms with Gasteiger partial charge in [-0.3, -0.25) is 0 Å². The minimum absolute atomic E-state index is 0.246. The van der Waals surface area contributed by atoms with Crippen molar-refractivity contribution in [3.05, 3.63) is 94.1 Å². The molecule has 0 radical (unpaired) electrons. The van der Waals surface area contributed by atoms with Gasteiger partial charge in [0.25, 0.3) is 0 Å². The Hall–Kier alpha value is -3.47. The van der Waals surface area contributed by atoms with Crippen molar-refractivity contribution in [1.29, 1.82) is 0 Å². The highest BCUT2D eigenvalue weighted by Crippen LogP contribution is 2.27. The van der Waals surface area contributed by atoms with E-state index in [0.29, 0.717) is 23.3 Å². The van der Waals surface area contributed by atoms with Gasteiger partial charge in [-0.15, -0.1) is 0 Å². The van der Waals surface area contributed by atoms with Crippen molar-refractivity contribution in [2.75, 3.05) is 0 Å². The summed E-state index contributed by atoms with van der Waals surface area (Å²) in [4.78, 5) is 20.7. The van der Waals surface area contributed by atoms with E-state index in [1.54, 1.807) is 24.5 Å². The van der Waals surface area contributed by atoms with Crippen LogP contribution in [0.3, 0.4) is 0 Å². The van der Waals surface area contributed by atoms with Gasteiger partial charge in [0.2, 0.25) is 0 Å². The first-order valence-electron chi connectivity index (χ1n) is 8.82. The molecule has 0 aliphatic carbocycles. The van der Waals surface area contributed by atoms with Gasteiger partial charge in [-0.2, -0.15) is 0 Å². The molecule has 2 aromatic heterocycles. The Morgan fingerprint density at radius 2 is 1.74 bits per heavy atom. The quantitative estimate of drug-likeness (QED) is 0.491. The smallest absolute Gasteiger partial charge is 0.340 e. The van der Waals surface area contributed by atoms with Crippen molar-refractivity contribution >= 4 is 11.0 Å². The first-order valence-corrected chi connectivity index (χ1v) is 8.82. The lowest BCUT2D eigenvalue weighted by atomic mass is 9.97. The van der Waals surface area contributed by atoms with Gasteiger partial charge in [-0.1, -0.05) is 37.3 Å². The molecule has 2 aromatic carbocycles. The van der Waals surface area contributed by atoms with E-state index in [2.05, 4.69) is 9.97 Å². The zero-order valence-electron chi connectivity index (χ0n) is 14.9. The minimum atomic E-state index is -0.309. The van der Waals surface area contributed by atoms with Crippen molar-refractivity contribution in [3.8, 4) is 11.8 Å². The fraction of sp³-hybridized carbons (Fsp3) is 0.136. The molecule has 0 fully saturated rings. The number of nitrogens with zero attached hydrogens (tertiary/aromatic N) is 2. The monoisotopic (exact) mass is 358 g/mol. The summed E-state index contributed by atoms with van der Waals surface area (Å²) in [6.45, 7) is 2.05. The van der Waals surface area contributed by atoms with Crippen molar-refractivity contribution in [2.24, 2.45) is 0 Å². The lowest BCUT2D eigenvalue weighted by Gasteiger charge is -2.11. The van der Waals surface area contributed by atoms with E-state index in [9.17, 15) is 4.79 Å². The number of hydrogen-bond donors (Lipinski definition) is 0. The van der Waals surface area contributed by atoms with Crippen molar-refractivity contribution in [1.82, 2.24) is 9.97 Å². The molecule has 27 heavy (non-hydrogen) atoms. The first-order chi connectivity index (χ1) is 13.2. The Kier molecular flexibility index (Phi) is 4.66. The Morgan fingerprint density at radius 3 is 2.48 bits per heavy atom. The third-order valence-corrected chi connectivity index (χ3v) is 4.42. The molecule has 5 heteroatoms. The van der Waals surface area contributed by atoms with Gasteiger partial charge in [0, 0.05) is 35.8 Å². The summed E-state index contributed by atoms with van der Waals surface area (Å²) in [6.07, 6.45) is 4.51. The van der Waals surface area contributed by atoms with Crippen LogP contribution in [0.1, 0.15) is 23.6 Å². The van der Waals surface area contributed by atoms with Crippen LogP contribution >= 0.6 is 0 Å². The molecule has 0 spiro atoms. The highest BCUT2D eigenvalue weighted by Gasteiger charge is 2.15. The van der Waals surface area contributed by atoms with Gasteiger partial charge < -0.3 is 9.15 Å². The van der Waals surface area contributed by atoms with E-state index < -0.39 is 0 Å². The Labute approximate surface area is 156 Å². The Morgan fingerprint density at radius 1 is 0.963 bits per heavy atom. The zero-order chi connectivity index (χ0) is 18.6. The molecule has 0 bridgehead atoms. The van der Waals surface area contributed by atoms with E-state index in [1.807, 2.05) is 49.4 Å². The number of aromatic nitrogens is 2. The molecule has 134 valence electrons. The zero-order valence-corrected chi connectivity index (χ0v) is 14.9. The van der Waals surface area contributed by atoms with Gasteiger partial charge in [0.1, 0.15) is 11.3 Å². The van der Waals surface area contributed by atoms with Crippen molar-refractivity contribution in [3.63, 3.8) is 0 Å². The third-order valence-electron chi connectivity index (χ3n) is 4.42. The number of hydrogen-bond acceptors (Lipinski definition) is 5. The molecule has 0 unspecified atom stereocenters. The van der Waals surface area contributed by atoms with Crippen LogP contribution in [0.25, 0.3) is 11.0 Å². The molecule has 0 amide bonds. The van der Waals surface area contributed by atoms with Crippen LogP contribution in [0.2, 0.25) is 0 Å². The minimum Gasteiger partial charge on any atom is -0.424 e. The third kappa shape index (κ3) is 3.58. The van der Waals surface area contributed by atoms with Gasteiger partial charge in [-0.25, -0.2) is 14.8 Å². The van der Waals surface area contributed by atoms with E-state index in [4.69, 9.17) is 9.15 Å². The second-order valence-corrected chi connectivity index (χ2v) is 6.15. The van der Waals surface area contributed by atoms with Crippen LogP contribution < -0.4 is 10.4 Å². The number of fused-ring (bicyclic) bond motifs is 1. The Bertz CT molecular complexity index is 1120. The summed E-state index contributed by atoms with van der Waals surface area (Å²) in [5.74, 6) is 0.523. The van der Waals surface area contributed by atoms with Crippen LogP contribution in [0.5, 0.6) is 11.8 Å². The summed E-state index contributed by atoms with van der Waals surface area (Å²) in [5, 5.41) is 0.921. The summed E-state index contributed by atoms with van der Waals surface area (Å²) in [5.41, 5.74) is 2.99. The molecule has 4 aromatic rings. The molecular formula is C22H18N2O3.